The minimum Gasteiger partial charge on any atom is -0.295 e. The third-order valence-corrected chi connectivity index (χ3v) is 3.20. The second-order valence-electron chi connectivity index (χ2n) is 5.43. The molecule has 19 heavy (non-hydrogen) atoms. The molecule has 0 fully saturated rings. The summed E-state index contributed by atoms with van der Waals surface area (Å²) in [6, 6.07) is 16.4. The van der Waals surface area contributed by atoms with Gasteiger partial charge in [-0.1, -0.05) is 56.3 Å². The lowest BCUT2D eigenvalue weighted by atomic mass is 9.98. The van der Waals surface area contributed by atoms with E-state index < -0.39 is 0 Å². The Bertz CT molecular complexity index is 564. The van der Waals surface area contributed by atoms with Gasteiger partial charge in [-0.15, -0.1) is 0 Å². The molecule has 0 heterocycles. The van der Waals surface area contributed by atoms with Crippen LogP contribution in [0, 0.1) is 5.92 Å². The average molecular weight is 252 g/mol. The third kappa shape index (κ3) is 3.54. The van der Waals surface area contributed by atoms with E-state index in [1.54, 1.807) is 6.92 Å². The molecule has 2 aromatic rings. The zero-order valence-electron chi connectivity index (χ0n) is 11.8. The summed E-state index contributed by atoms with van der Waals surface area (Å²) in [5.41, 5.74) is 4.39. The van der Waals surface area contributed by atoms with E-state index in [0.717, 1.165) is 23.1 Å². The first-order chi connectivity index (χ1) is 9.06. The first-order valence-electron chi connectivity index (χ1n) is 6.76. The number of ketones is 1. The van der Waals surface area contributed by atoms with Gasteiger partial charge < -0.3 is 0 Å². The molecule has 0 saturated heterocycles. The molecular formula is C18H20O. The van der Waals surface area contributed by atoms with Crippen LogP contribution in [0.4, 0.5) is 0 Å². The van der Waals surface area contributed by atoms with Crippen molar-refractivity contribution in [3.05, 3.63) is 59.7 Å². The largest absolute Gasteiger partial charge is 0.295 e. The van der Waals surface area contributed by atoms with Crippen LogP contribution in [-0.2, 0) is 6.42 Å². The van der Waals surface area contributed by atoms with Crippen LogP contribution < -0.4 is 0 Å². The highest BCUT2D eigenvalue weighted by molar-refractivity contribution is 5.95. The van der Waals surface area contributed by atoms with Crippen molar-refractivity contribution in [3.63, 3.8) is 0 Å². The van der Waals surface area contributed by atoms with Gasteiger partial charge >= 0.3 is 0 Å². The van der Waals surface area contributed by atoms with E-state index in [9.17, 15) is 4.79 Å². The number of carbonyl (C=O) groups excluding carboxylic acids is 1. The topological polar surface area (TPSA) is 17.1 Å². The van der Waals surface area contributed by atoms with Gasteiger partial charge in [0.1, 0.15) is 0 Å². The molecule has 2 rings (SSSR count). The predicted molar refractivity (Wildman–Crippen MR) is 80.4 cm³/mol. The number of rotatable bonds is 4. The maximum absolute atomic E-state index is 11.4. The van der Waals surface area contributed by atoms with Gasteiger partial charge in [0.25, 0.3) is 0 Å². The summed E-state index contributed by atoms with van der Waals surface area (Å²) in [7, 11) is 0. The van der Waals surface area contributed by atoms with Gasteiger partial charge in [-0.25, -0.2) is 0 Å². The van der Waals surface area contributed by atoms with Gasteiger partial charge in [0.05, 0.1) is 0 Å². The smallest absolute Gasteiger partial charge is 0.159 e. The summed E-state index contributed by atoms with van der Waals surface area (Å²) in [5, 5.41) is 0. The zero-order valence-corrected chi connectivity index (χ0v) is 11.8. The van der Waals surface area contributed by atoms with E-state index in [0.29, 0.717) is 5.92 Å². The highest BCUT2D eigenvalue weighted by Gasteiger charge is 2.03. The van der Waals surface area contributed by atoms with Gasteiger partial charge in [-0.3, -0.25) is 4.79 Å². The first kappa shape index (κ1) is 13.5. The Morgan fingerprint density at radius 3 is 2.26 bits per heavy atom. The second-order valence-corrected chi connectivity index (χ2v) is 5.43. The van der Waals surface area contributed by atoms with E-state index in [2.05, 4.69) is 38.1 Å². The average Bonchev–Trinajstić information content (AvgIpc) is 2.39. The Morgan fingerprint density at radius 2 is 1.68 bits per heavy atom. The minimum absolute atomic E-state index is 0.110. The van der Waals surface area contributed by atoms with Gasteiger partial charge in [0, 0.05) is 5.56 Å². The van der Waals surface area contributed by atoms with Gasteiger partial charge in [-0.2, -0.15) is 0 Å². The SMILES string of the molecule is CC(=O)c1cccc(-c2ccc(CC(C)C)cc2)c1. The van der Waals surface area contributed by atoms with Crippen molar-refractivity contribution in [2.45, 2.75) is 27.2 Å². The van der Waals surface area contributed by atoms with Crippen LogP contribution in [0.25, 0.3) is 11.1 Å². The highest BCUT2D eigenvalue weighted by atomic mass is 16.1. The summed E-state index contributed by atoms with van der Waals surface area (Å²) in [6.07, 6.45) is 1.10. The third-order valence-electron chi connectivity index (χ3n) is 3.20. The van der Waals surface area contributed by atoms with Crippen molar-refractivity contribution >= 4 is 5.78 Å². The molecule has 2 aromatic carbocycles. The second kappa shape index (κ2) is 5.83. The lowest BCUT2D eigenvalue weighted by Gasteiger charge is -2.07. The summed E-state index contributed by atoms with van der Waals surface area (Å²) >= 11 is 0. The maximum Gasteiger partial charge on any atom is 0.159 e. The number of benzene rings is 2. The Morgan fingerprint density at radius 1 is 1.00 bits per heavy atom. The first-order valence-corrected chi connectivity index (χ1v) is 6.76. The van der Waals surface area contributed by atoms with Crippen molar-refractivity contribution in [2.24, 2.45) is 5.92 Å². The molecule has 1 nitrogen and oxygen atoms in total. The fraction of sp³-hybridized carbons (Fsp3) is 0.278. The molecule has 0 aliphatic rings. The van der Waals surface area contributed by atoms with Crippen LogP contribution in [0.5, 0.6) is 0 Å². The molecule has 0 amide bonds. The monoisotopic (exact) mass is 252 g/mol. The molecule has 0 aliphatic heterocycles. The lowest BCUT2D eigenvalue weighted by Crippen LogP contribution is -1.94. The summed E-state index contributed by atoms with van der Waals surface area (Å²) < 4.78 is 0. The Labute approximate surface area is 115 Å². The molecule has 0 spiro atoms. The molecule has 0 unspecified atom stereocenters. The van der Waals surface area contributed by atoms with Crippen LogP contribution in [0.3, 0.4) is 0 Å². The normalized spacial score (nSPS) is 10.7. The molecular weight excluding hydrogens is 232 g/mol. The van der Waals surface area contributed by atoms with E-state index in [-0.39, 0.29) is 5.78 Å². The minimum atomic E-state index is 0.110. The fourth-order valence-electron chi connectivity index (χ4n) is 2.22. The van der Waals surface area contributed by atoms with E-state index >= 15 is 0 Å². The standard InChI is InChI=1S/C18H20O/c1-13(2)11-15-7-9-16(10-8-15)18-6-4-5-17(12-18)14(3)19/h4-10,12-13H,11H2,1-3H3. The number of Topliss-reactive ketones (excluding diaryl/α,β-unsaturated/α-hetero) is 1. The van der Waals surface area contributed by atoms with Crippen molar-refractivity contribution in [2.75, 3.05) is 0 Å². The lowest BCUT2D eigenvalue weighted by molar-refractivity contribution is 0.101. The number of hydrogen-bond acceptors (Lipinski definition) is 1. The molecule has 0 atom stereocenters. The van der Waals surface area contributed by atoms with Crippen molar-refractivity contribution in [1.82, 2.24) is 0 Å². The highest BCUT2D eigenvalue weighted by Crippen LogP contribution is 2.22. The van der Waals surface area contributed by atoms with E-state index in [4.69, 9.17) is 0 Å². The van der Waals surface area contributed by atoms with Crippen molar-refractivity contribution < 1.29 is 4.79 Å². The molecule has 0 radical (unpaired) electrons. The van der Waals surface area contributed by atoms with Gasteiger partial charge in [-0.05, 0) is 42.0 Å². The number of carbonyl (C=O) groups is 1. The number of hydrogen-bond donors (Lipinski definition) is 0. The van der Waals surface area contributed by atoms with Crippen LogP contribution in [0.1, 0.15) is 36.7 Å². The van der Waals surface area contributed by atoms with Crippen LogP contribution in [-0.4, -0.2) is 5.78 Å². The Kier molecular flexibility index (Phi) is 4.16. The predicted octanol–water partition coefficient (Wildman–Crippen LogP) is 4.75. The molecule has 0 aliphatic carbocycles. The quantitative estimate of drug-likeness (QED) is 0.717. The molecule has 1 heteroatoms. The van der Waals surface area contributed by atoms with Crippen LogP contribution in [0.2, 0.25) is 0 Å². The molecule has 0 aromatic heterocycles. The Balaban J connectivity index is 2.27. The van der Waals surface area contributed by atoms with Gasteiger partial charge in [0.15, 0.2) is 5.78 Å². The van der Waals surface area contributed by atoms with E-state index in [1.165, 1.54) is 5.56 Å². The summed E-state index contributed by atoms with van der Waals surface area (Å²) in [5.74, 6) is 0.783. The van der Waals surface area contributed by atoms with Crippen LogP contribution >= 0.6 is 0 Å². The Hall–Kier alpha value is -1.89. The molecule has 0 saturated carbocycles. The summed E-state index contributed by atoms with van der Waals surface area (Å²) in [4.78, 5) is 11.4. The van der Waals surface area contributed by atoms with Gasteiger partial charge in [0.2, 0.25) is 0 Å². The molecule has 0 N–H and O–H groups in total. The maximum atomic E-state index is 11.4. The fourth-order valence-corrected chi connectivity index (χ4v) is 2.22. The molecule has 0 bridgehead atoms. The zero-order chi connectivity index (χ0) is 13.8. The van der Waals surface area contributed by atoms with Crippen molar-refractivity contribution in [3.8, 4) is 11.1 Å². The summed E-state index contributed by atoms with van der Waals surface area (Å²) in [6.45, 7) is 6.05. The van der Waals surface area contributed by atoms with Crippen molar-refractivity contribution in [1.29, 1.82) is 0 Å². The van der Waals surface area contributed by atoms with Crippen LogP contribution in [0.15, 0.2) is 48.5 Å². The van der Waals surface area contributed by atoms with E-state index in [1.807, 2.05) is 24.3 Å². The molecule has 98 valence electrons.